The normalized spacial score (nSPS) is 10.7. The van der Waals surface area contributed by atoms with Crippen LogP contribution in [0.3, 0.4) is 0 Å². The van der Waals surface area contributed by atoms with Gasteiger partial charge in [0.1, 0.15) is 5.82 Å². The largest absolute Gasteiger partial charge is 0.381 e. The van der Waals surface area contributed by atoms with Crippen molar-refractivity contribution in [2.75, 3.05) is 19.8 Å². The van der Waals surface area contributed by atoms with Crippen LogP contribution in [0.25, 0.3) is 0 Å². The molecule has 0 aliphatic heterocycles. The molecule has 1 aromatic rings. The number of nitrogens with one attached hydrogen (secondary N) is 1. The summed E-state index contributed by atoms with van der Waals surface area (Å²) in [5, 5.41) is 3.26. The molecule has 4 nitrogen and oxygen atoms in total. The first-order valence-electron chi connectivity index (χ1n) is 5.88. The van der Waals surface area contributed by atoms with Gasteiger partial charge >= 0.3 is 0 Å². The molecule has 0 radical (unpaired) electrons. The lowest BCUT2D eigenvalue weighted by Crippen LogP contribution is -2.15. The molecule has 1 heterocycles. The minimum absolute atomic E-state index is 0.695. The zero-order valence-corrected chi connectivity index (χ0v) is 10.4. The molecule has 0 saturated heterocycles. The highest BCUT2D eigenvalue weighted by Gasteiger charge is 2.02. The van der Waals surface area contributed by atoms with Crippen molar-refractivity contribution in [2.45, 2.75) is 33.7 Å². The number of nitrogens with zero attached hydrogens (tertiary/aromatic N) is 2. The van der Waals surface area contributed by atoms with Crippen LogP contribution >= 0.6 is 0 Å². The van der Waals surface area contributed by atoms with E-state index in [0.717, 1.165) is 43.3 Å². The fourth-order valence-electron chi connectivity index (χ4n) is 1.46. The molecule has 0 bridgehead atoms. The maximum Gasteiger partial charge on any atom is 0.131 e. The van der Waals surface area contributed by atoms with Gasteiger partial charge in [0, 0.05) is 25.3 Å². The van der Waals surface area contributed by atoms with Crippen LogP contribution in [-0.2, 0) is 17.7 Å². The first-order valence-corrected chi connectivity index (χ1v) is 5.88. The van der Waals surface area contributed by atoms with E-state index in [1.165, 1.54) is 0 Å². The molecule has 0 aromatic carbocycles. The van der Waals surface area contributed by atoms with Crippen LogP contribution in [0.5, 0.6) is 0 Å². The Morgan fingerprint density at radius 3 is 2.81 bits per heavy atom. The summed E-state index contributed by atoms with van der Waals surface area (Å²) in [5.74, 6) is 0.876. The summed E-state index contributed by atoms with van der Waals surface area (Å²) in [5.41, 5.74) is 2.08. The molecule has 0 amide bonds. The highest BCUT2D eigenvalue weighted by molar-refractivity contribution is 5.10. The van der Waals surface area contributed by atoms with Gasteiger partial charge in [0.15, 0.2) is 0 Å². The Morgan fingerprint density at radius 2 is 2.12 bits per heavy atom. The molecule has 16 heavy (non-hydrogen) atoms. The lowest BCUT2D eigenvalue weighted by molar-refractivity contribution is 0.149. The molecule has 90 valence electrons. The van der Waals surface area contributed by atoms with Crippen LogP contribution in [0.1, 0.15) is 31.1 Å². The van der Waals surface area contributed by atoms with Crippen LogP contribution in [0, 0.1) is 6.92 Å². The van der Waals surface area contributed by atoms with Gasteiger partial charge in [-0.15, -0.1) is 0 Å². The van der Waals surface area contributed by atoms with E-state index in [4.69, 9.17) is 4.74 Å². The molecule has 0 unspecified atom stereocenters. The second kappa shape index (κ2) is 7.30. The molecule has 0 spiro atoms. The monoisotopic (exact) mass is 223 g/mol. The summed E-state index contributed by atoms with van der Waals surface area (Å²) in [4.78, 5) is 8.88. The van der Waals surface area contributed by atoms with E-state index < -0.39 is 0 Å². The zero-order valence-electron chi connectivity index (χ0n) is 10.4. The third kappa shape index (κ3) is 4.68. The summed E-state index contributed by atoms with van der Waals surface area (Å²) in [6, 6.07) is 2.02. The van der Waals surface area contributed by atoms with Gasteiger partial charge in [-0.1, -0.05) is 6.92 Å². The average Bonchev–Trinajstić information content (AvgIpc) is 2.26. The van der Waals surface area contributed by atoms with Crippen LogP contribution in [0.4, 0.5) is 0 Å². The van der Waals surface area contributed by atoms with E-state index in [1.54, 1.807) is 0 Å². The van der Waals surface area contributed by atoms with Crippen molar-refractivity contribution in [3.05, 3.63) is 23.3 Å². The Kier molecular flexibility index (Phi) is 5.96. The fraction of sp³-hybridized carbons (Fsp3) is 0.667. The van der Waals surface area contributed by atoms with Crippen LogP contribution in [0.15, 0.2) is 6.07 Å². The second-order valence-corrected chi connectivity index (χ2v) is 3.64. The fourth-order valence-corrected chi connectivity index (χ4v) is 1.46. The molecular formula is C12H21N3O. The standard InChI is InChI=1S/C12H21N3O/c1-4-13-9-11-8-10(3)14-12(15-11)6-7-16-5-2/h8,13H,4-7,9H2,1-3H3. The smallest absolute Gasteiger partial charge is 0.131 e. The van der Waals surface area contributed by atoms with Gasteiger partial charge in [-0.2, -0.15) is 0 Å². The van der Waals surface area contributed by atoms with Gasteiger partial charge in [0.2, 0.25) is 0 Å². The number of rotatable bonds is 7. The maximum absolute atomic E-state index is 5.30. The number of hydrogen-bond acceptors (Lipinski definition) is 4. The summed E-state index contributed by atoms with van der Waals surface area (Å²) < 4.78 is 5.30. The third-order valence-electron chi connectivity index (χ3n) is 2.18. The topological polar surface area (TPSA) is 47.0 Å². The van der Waals surface area contributed by atoms with Crippen molar-refractivity contribution >= 4 is 0 Å². The van der Waals surface area contributed by atoms with E-state index in [9.17, 15) is 0 Å². The number of aryl methyl sites for hydroxylation is 1. The molecule has 1 aromatic heterocycles. The predicted octanol–water partition coefficient (Wildman–Crippen LogP) is 1.47. The first kappa shape index (κ1) is 13.1. The van der Waals surface area contributed by atoms with E-state index >= 15 is 0 Å². The minimum atomic E-state index is 0.695. The van der Waals surface area contributed by atoms with Crippen molar-refractivity contribution in [3.63, 3.8) is 0 Å². The molecule has 0 aliphatic rings. The van der Waals surface area contributed by atoms with Crippen molar-refractivity contribution in [3.8, 4) is 0 Å². The quantitative estimate of drug-likeness (QED) is 0.711. The van der Waals surface area contributed by atoms with Crippen molar-refractivity contribution in [2.24, 2.45) is 0 Å². The highest BCUT2D eigenvalue weighted by atomic mass is 16.5. The zero-order chi connectivity index (χ0) is 11.8. The number of aromatic nitrogens is 2. The molecular weight excluding hydrogens is 202 g/mol. The van der Waals surface area contributed by atoms with Gasteiger partial charge in [0.05, 0.1) is 12.3 Å². The average molecular weight is 223 g/mol. The van der Waals surface area contributed by atoms with E-state index in [2.05, 4.69) is 22.2 Å². The van der Waals surface area contributed by atoms with Gasteiger partial charge in [-0.3, -0.25) is 0 Å². The van der Waals surface area contributed by atoms with E-state index in [-0.39, 0.29) is 0 Å². The molecule has 4 heteroatoms. The summed E-state index contributed by atoms with van der Waals surface area (Å²) in [7, 11) is 0. The molecule has 1 rings (SSSR count). The highest BCUT2D eigenvalue weighted by Crippen LogP contribution is 2.01. The number of hydrogen-bond donors (Lipinski definition) is 1. The van der Waals surface area contributed by atoms with Crippen LogP contribution < -0.4 is 5.32 Å². The summed E-state index contributed by atoms with van der Waals surface area (Å²) in [6.45, 7) is 9.29. The Hall–Kier alpha value is -1.00. The van der Waals surface area contributed by atoms with Crippen molar-refractivity contribution < 1.29 is 4.74 Å². The molecule has 0 saturated carbocycles. The summed E-state index contributed by atoms with van der Waals surface area (Å²) >= 11 is 0. The first-order chi connectivity index (χ1) is 7.76. The Morgan fingerprint density at radius 1 is 1.31 bits per heavy atom. The van der Waals surface area contributed by atoms with E-state index in [0.29, 0.717) is 6.61 Å². The van der Waals surface area contributed by atoms with Gasteiger partial charge < -0.3 is 10.1 Å². The third-order valence-corrected chi connectivity index (χ3v) is 2.18. The molecule has 1 N–H and O–H groups in total. The Labute approximate surface area is 97.5 Å². The van der Waals surface area contributed by atoms with E-state index in [1.807, 2.05) is 19.9 Å². The second-order valence-electron chi connectivity index (χ2n) is 3.64. The maximum atomic E-state index is 5.30. The molecule has 0 fully saturated rings. The predicted molar refractivity (Wildman–Crippen MR) is 64.3 cm³/mol. The van der Waals surface area contributed by atoms with Gasteiger partial charge in [-0.05, 0) is 26.5 Å². The lowest BCUT2D eigenvalue weighted by Gasteiger charge is -2.06. The Bertz CT molecular complexity index is 315. The van der Waals surface area contributed by atoms with Gasteiger partial charge in [-0.25, -0.2) is 9.97 Å². The Balaban J connectivity index is 2.58. The SMILES string of the molecule is CCNCc1cc(C)nc(CCOCC)n1. The van der Waals surface area contributed by atoms with Crippen LogP contribution in [-0.4, -0.2) is 29.7 Å². The van der Waals surface area contributed by atoms with Crippen LogP contribution in [0.2, 0.25) is 0 Å². The lowest BCUT2D eigenvalue weighted by atomic mass is 10.3. The van der Waals surface area contributed by atoms with Crippen molar-refractivity contribution in [1.82, 2.24) is 15.3 Å². The minimum Gasteiger partial charge on any atom is -0.381 e. The van der Waals surface area contributed by atoms with Gasteiger partial charge in [0.25, 0.3) is 0 Å². The number of ether oxygens (including phenoxy) is 1. The van der Waals surface area contributed by atoms with Crippen molar-refractivity contribution in [1.29, 1.82) is 0 Å². The molecule has 0 atom stereocenters. The summed E-state index contributed by atoms with van der Waals surface area (Å²) in [6.07, 6.45) is 0.786. The molecule has 0 aliphatic carbocycles.